The van der Waals surface area contributed by atoms with Crippen LogP contribution in [0.4, 0.5) is 5.69 Å². The maximum Gasteiger partial charge on any atom is 0.175 e. The number of fused-ring (bicyclic) bond motifs is 1. The van der Waals surface area contributed by atoms with Gasteiger partial charge in [-0.1, -0.05) is 12.1 Å². The van der Waals surface area contributed by atoms with Crippen molar-refractivity contribution in [3.63, 3.8) is 0 Å². The molecule has 3 aliphatic rings. The average molecular weight is 307 g/mol. The molecule has 118 valence electrons. The molecule has 1 N–H and O–H groups in total. The predicted octanol–water partition coefficient (Wildman–Crippen LogP) is 2.89. The predicted molar refractivity (Wildman–Crippen MR) is 95.4 cm³/mol. The minimum Gasteiger partial charge on any atom is -0.383 e. The first kappa shape index (κ1) is 14.2. The van der Waals surface area contributed by atoms with Gasteiger partial charge in [-0.05, 0) is 37.0 Å². The second-order valence-corrected chi connectivity index (χ2v) is 6.18. The zero-order chi connectivity index (χ0) is 15.5. The van der Waals surface area contributed by atoms with Crippen molar-refractivity contribution in [2.24, 2.45) is 15.0 Å². The van der Waals surface area contributed by atoms with Crippen LogP contribution in [-0.4, -0.2) is 31.0 Å². The van der Waals surface area contributed by atoms with E-state index in [-0.39, 0.29) is 0 Å². The summed E-state index contributed by atoms with van der Waals surface area (Å²) >= 11 is 0. The standard InChI is InChI=1S/C18H21N5/c1-2-7-23(8-3-1)16-6-4-5-14(9-16)11-19-15-10-17-18(20-12-15)22-13-21-17/h4-6,9,12-13,19H,1-3,7-8,10-11H2. The minimum atomic E-state index is 0.752. The van der Waals surface area contributed by atoms with Gasteiger partial charge in [-0.2, -0.15) is 0 Å². The number of nitrogens with zero attached hydrogens (tertiary/aromatic N) is 4. The number of hydrogen-bond donors (Lipinski definition) is 1. The lowest BCUT2D eigenvalue weighted by Crippen LogP contribution is -2.29. The van der Waals surface area contributed by atoms with Crippen molar-refractivity contribution in [2.45, 2.75) is 32.2 Å². The first-order valence-electron chi connectivity index (χ1n) is 8.33. The number of hydrogen-bond acceptors (Lipinski definition) is 5. The Labute approximate surface area is 136 Å². The van der Waals surface area contributed by atoms with Crippen molar-refractivity contribution in [1.82, 2.24) is 5.32 Å². The van der Waals surface area contributed by atoms with E-state index in [4.69, 9.17) is 0 Å². The molecule has 0 unspecified atom stereocenters. The molecule has 1 saturated heterocycles. The SMILES string of the molecule is C1=NC2=NC=C(NCc3cccc(N4CCCCC4)c3)CC2=N1. The normalized spacial score (nSPS) is 19.8. The fraction of sp³-hybridized carbons (Fsp3) is 0.389. The van der Waals surface area contributed by atoms with Gasteiger partial charge in [0.25, 0.3) is 0 Å². The summed E-state index contributed by atoms with van der Waals surface area (Å²) in [5.74, 6) is 0.752. The maximum atomic E-state index is 4.33. The summed E-state index contributed by atoms with van der Waals surface area (Å²) in [7, 11) is 0. The smallest absolute Gasteiger partial charge is 0.175 e. The summed E-state index contributed by atoms with van der Waals surface area (Å²) in [6.45, 7) is 3.17. The van der Waals surface area contributed by atoms with Crippen molar-refractivity contribution in [3.05, 3.63) is 41.7 Å². The highest BCUT2D eigenvalue weighted by molar-refractivity contribution is 6.47. The molecule has 0 radical (unpaired) electrons. The van der Waals surface area contributed by atoms with E-state index >= 15 is 0 Å². The number of benzene rings is 1. The largest absolute Gasteiger partial charge is 0.383 e. The summed E-state index contributed by atoms with van der Waals surface area (Å²) in [5.41, 5.74) is 4.70. The van der Waals surface area contributed by atoms with Gasteiger partial charge >= 0.3 is 0 Å². The van der Waals surface area contributed by atoms with Gasteiger partial charge in [0.1, 0.15) is 6.34 Å². The molecule has 5 nitrogen and oxygen atoms in total. The minimum absolute atomic E-state index is 0.752. The number of anilines is 1. The number of allylic oxidation sites excluding steroid dienone is 1. The lowest BCUT2D eigenvalue weighted by Gasteiger charge is -2.29. The highest BCUT2D eigenvalue weighted by Gasteiger charge is 2.17. The summed E-state index contributed by atoms with van der Waals surface area (Å²) in [4.78, 5) is 15.2. The Morgan fingerprint density at radius 3 is 2.91 bits per heavy atom. The van der Waals surface area contributed by atoms with Crippen molar-refractivity contribution < 1.29 is 0 Å². The van der Waals surface area contributed by atoms with Gasteiger partial charge in [-0.25, -0.2) is 15.0 Å². The Morgan fingerprint density at radius 1 is 1.09 bits per heavy atom. The molecule has 1 fully saturated rings. The van der Waals surface area contributed by atoms with Gasteiger partial charge in [0.05, 0.1) is 5.71 Å². The van der Waals surface area contributed by atoms with Crippen LogP contribution in [0.2, 0.25) is 0 Å². The second-order valence-electron chi connectivity index (χ2n) is 6.18. The molecule has 0 saturated carbocycles. The number of nitrogens with one attached hydrogen (secondary N) is 1. The van der Waals surface area contributed by atoms with Gasteiger partial charge < -0.3 is 10.2 Å². The zero-order valence-corrected chi connectivity index (χ0v) is 13.2. The van der Waals surface area contributed by atoms with Crippen LogP contribution in [0.3, 0.4) is 0 Å². The lowest BCUT2D eigenvalue weighted by atomic mass is 10.1. The summed E-state index contributed by atoms with van der Waals surface area (Å²) in [6, 6.07) is 8.85. The Morgan fingerprint density at radius 2 is 2.00 bits per heavy atom. The molecule has 0 bridgehead atoms. The molecule has 0 aliphatic carbocycles. The van der Waals surface area contributed by atoms with E-state index in [9.17, 15) is 0 Å². The molecule has 1 aromatic carbocycles. The van der Waals surface area contributed by atoms with E-state index in [2.05, 4.69) is 49.5 Å². The fourth-order valence-corrected chi connectivity index (χ4v) is 3.22. The van der Waals surface area contributed by atoms with E-state index in [1.165, 1.54) is 43.6 Å². The molecule has 0 spiro atoms. The molecule has 0 aromatic heterocycles. The van der Waals surface area contributed by atoms with E-state index in [1.807, 2.05) is 6.20 Å². The molecule has 5 heteroatoms. The lowest BCUT2D eigenvalue weighted by molar-refractivity contribution is 0.577. The Bertz CT molecular complexity index is 708. The molecule has 0 amide bonds. The highest BCUT2D eigenvalue weighted by atomic mass is 15.1. The van der Waals surface area contributed by atoms with Crippen molar-refractivity contribution >= 4 is 23.6 Å². The van der Waals surface area contributed by atoms with Crippen LogP contribution >= 0.6 is 0 Å². The maximum absolute atomic E-state index is 4.33. The number of amidine groups is 1. The molecule has 4 rings (SSSR count). The van der Waals surface area contributed by atoms with Crippen molar-refractivity contribution in [2.75, 3.05) is 18.0 Å². The van der Waals surface area contributed by atoms with Gasteiger partial charge in [0.2, 0.25) is 0 Å². The molecule has 23 heavy (non-hydrogen) atoms. The fourth-order valence-electron chi connectivity index (χ4n) is 3.22. The summed E-state index contributed by atoms with van der Waals surface area (Å²) in [5, 5.41) is 3.48. The summed E-state index contributed by atoms with van der Waals surface area (Å²) < 4.78 is 0. The summed E-state index contributed by atoms with van der Waals surface area (Å²) in [6.07, 6.45) is 8.20. The van der Waals surface area contributed by atoms with E-state index in [0.29, 0.717) is 0 Å². The molecule has 3 heterocycles. The molecular weight excluding hydrogens is 286 g/mol. The highest BCUT2D eigenvalue weighted by Crippen LogP contribution is 2.21. The average Bonchev–Trinajstić information content (AvgIpc) is 3.09. The van der Waals surface area contributed by atoms with Gasteiger partial charge in [-0.15, -0.1) is 0 Å². The van der Waals surface area contributed by atoms with Crippen LogP contribution in [0.1, 0.15) is 31.2 Å². The molecular formula is C18H21N5. The van der Waals surface area contributed by atoms with Gasteiger partial charge in [0, 0.05) is 43.6 Å². The number of aliphatic imine (C=N–C) groups is 3. The third kappa shape index (κ3) is 3.18. The Hall–Kier alpha value is -2.43. The molecule has 1 aromatic rings. The third-order valence-electron chi connectivity index (χ3n) is 4.50. The monoisotopic (exact) mass is 307 g/mol. The van der Waals surface area contributed by atoms with Crippen LogP contribution in [0.25, 0.3) is 0 Å². The Balaban J connectivity index is 1.40. The second kappa shape index (κ2) is 6.36. The van der Waals surface area contributed by atoms with Crippen LogP contribution in [0.15, 0.2) is 51.1 Å². The van der Waals surface area contributed by atoms with E-state index in [1.54, 1.807) is 6.34 Å². The quantitative estimate of drug-likeness (QED) is 0.930. The van der Waals surface area contributed by atoms with Gasteiger partial charge in [0.15, 0.2) is 5.84 Å². The van der Waals surface area contributed by atoms with Gasteiger partial charge in [-0.3, -0.25) is 0 Å². The Kier molecular flexibility index (Phi) is 3.92. The first-order chi connectivity index (χ1) is 11.4. The van der Waals surface area contributed by atoms with Crippen LogP contribution < -0.4 is 10.2 Å². The molecule has 0 atom stereocenters. The number of rotatable bonds is 4. The van der Waals surface area contributed by atoms with Crippen LogP contribution in [-0.2, 0) is 6.54 Å². The first-order valence-corrected chi connectivity index (χ1v) is 8.33. The topological polar surface area (TPSA) is 52.4 Å². The van der Waals surface area contributed by atoms with Crippen LogP contribution in [0, 0.1) is 0 Å². The third-order valence-corrected chi connectivity index (χ3v) is 4.50. The van der Waals surface area contributed by atoms with Crippen molar-refractivity contribution in [1.29, 1.82) is 0 Å². The van der Waals surface area contributed by atoms with E-state index in [0.717, 1.165) is 30.2 Å². The zero-order valence-electron chi connectivity index (χ0n) is 13.2. The molecule has 3 aliphatic heterocycles. The van der Waals surface area contributed by atoms with E-state index < -0.39 is 0 Å². The number of piperidine rings is 1. The van der Waals surface area contributed by atoms with Crippen LogP contribution in [0.5, 0.6) is 0 Å². The van der Waals surface area contributed by atoms with Crippen molar-refractivity contribution in [3.8, 4) is 0 Å².